The van der Waals surface area contributed by atoms with Gasteiger partial charge in [0.05, 0.1) is 0 Å². The Kier molecular flexibility index (Phi) is 3.08. The van der Waals surface area contributed by atoms with Crippen LogP contribution in [0.4, 0.5) is 0 Å². The van der Waals surface area contributed by atoms with Crippen LogP contribution >= 0.6 is 11.8 Å². The Morgan fingerprint density at radius 3 is 2.86 bits per heavy atom. The summed E-state index contributed by atoms with van der Waals surface area (Å²) >= 11 is 1.70. The zero-order chi connectivity index (χ0) is 9.97. The van der Waals surface area contributed by atoms with Crippen LogP contribution in [-0.2, 0) is 6.54 Å². The van der Waals surface area contributed by atoms with Crippen molar-refractivity contribution in [2.45, 2.75) is 37.4 Å². The minimum absolute atomic E-state index is 0.676. The topological polar surface area (TPSA) is 56.7 Å². The monoisotopic (exact) mass is 212 g/mol. The molecule has 0 radical (unpaired) electrons. The summed E-state index contributed by atoms with van der Waals surface area (Å²) in [5.41, 5.74) is 5.47. The average molecular weight is 212 g/mol. The van der Waals surface area contributed by atoms with E-state index in [2.05, 4.69) is 21.7 Å². The van der Waals surface area contributed by atoms with E-state index in [1.54, 1.807) is 11.8 Å². The van der Waals surface area contributed by atoms with Gasteiger partial charge in [0.15, 0.2) is 5.16 Å². The summed E-state index contributed by atoms with van der Waals surface area (Å²) in [6.07, 6.45) is 2.55. The lowest BCUT2D eigenvalue weighted by Gasteiger charge is -2.05. The quantitative estimate of drug-likeness (QED) is 0.746. The molecule has 1 fully saturated rings. The Hall–Kier alpha value is -0.550. The van der Waals surface area contributed by atoms with Crippen LogP contribution < -0.4 is 5.73 Å². The van der Waals surface area contributed by atoms with Gasteiger partial charge in [-0.1, -0.05) is 11.8 Å². The summed E-state index contributed by atoms with van der Waals surface area (Å²) in [5.74, 6) is 2.77. The molecule has 2 rings (SSSR count). The Bertz CT molecular complexity index is 306. The SMILES string of the molecule is CCn1c(SCCN)nnc1C1CC1. The maximum Gasteiger partial charge on any atom is 0.191 e. The van der Waals surface area contributed by atoms with E-state index in [4.69, 9.17) is 5.73 Å². The third-order valence-corrected chi connectivity index (χ3v) is 3.35. The zero-order valence-corrected chi connectivity index (χ0v) is 9.26. The first-order valence-electron chi connectivity index (χ1n) is 5.12. The molecule has 0 spiro atoms. The fraction of sp³-hybridized carbons (Fsp3) is 0.778. The summed E-state index contributed by atoms with van der Waals surface area (Å²) in [6.45, 7) is 3.80. The van der Waals surface area contributed by atoms with Gasteiger partial charge in [-0.15, -0.1) is 10.2 Å². The molecule has 0 aromatic carbocycles. The van der Waals surface area contributed by atoms with E-state index in [1.807, 2.05) is 0 Å². The summed E-state index contributed by atoms with van der Waals surface area (Å²) in [7, 11) is 0. The van der Waals surface area contributed by atoms with E-state index in [9.17, 15) is 0 Å². The van der Waals surface area contributed by atoms with Crippen molar-refractivity contribution < 1.29 is 0 Å². The maximum absolute atomic E-state index is 5.47. The number of hydrogen-bond donors (Lipinski definition) is 1. The fourth-order valence-electron chi connectivity index (χ4n) is 1.50. The van der Waals surface area contributed by atoms with Crippen molar-refractivity contribution in [2.24, 2.45) is 5.73 Å². The van der Waals surface area contributed by atoms with Gasteiger partial charge in [0.2, 0.25) is 0 Å². The highest BCUT2D eigenvalue weighted by molar-refractivity contribution is 7.99. The van der Waals surface area contributed by atoms with Gasteiger partial charge in [-0.25, -0.2) is 0 Å². The Balaban J connectivity index is 2.13. The molecule has 1 aliphatic carbocycles. The lowest BCUT2D eigenvalue weighted by molar-refractivity contribution is 0.643. The first-order chi connectivity index (χ1) is 6.86. The Labute approximate surface area is 88.3 Å². The van der Waals surface area contributed by atoms with E-state index < -0.39 is 0 Å². The zero-order valence-electron chi connectivity index (χ0n) is 8.44. The molecule has 1 aliphatic rings. The second-order valence-corrected chi connectivity index (χ2v) is 4.56. The van der Waals surface area contributed by atoms with Crippen LogP contribution in [0.1, 0.15) is 31.5 Å². The molecule has 0 amide bonds. The van der Waals surface area contributed by atoms with E-state index in [1.165, 1.54) is 18.7 Å². The molecule has 0 aliphatic heterocycles. The lowest BCUT2D eigenvalue weighted by Crippen LogP contribution is -2.05. The number of thioether (sulfide) groups is 1. The molecule has 2 N–H and O–H groups in total. The van der Waals surface area contributed by atoms with E-state index in [-0.39, 0.29) is 0 Å². The first-order valence-corrected chi connectivity index (χ1v) is 6.11. The molecular weight excluding hydrogens is 196 g/mol. The molecule has 0 saturated heterocycles. The Morgan fingerprint density at radius 2 is 2.29 bits per heavy atom. The molecule has 1 saturated carbocycles. The minimum Gasteiger partial charge on any atom is -0.330 e. The number of hydrogen-bond acceptors (Lipinski definition) is 4. The van der Waals surface area contributed by atoms with Crippen LogP contribution in [-0.4, -0.2) is 27.1 Å². The maximum atomic E-state index is 5.47. The van der Waals surface area contributed by atoms with Gasteiger partial charge < -0.3 is 10.3 Å². The van der Waals surface area contributed by atoms with Crippen LogP contribution in [0.2, 0.25) is 0 Å². The predicted octanol–water partition coefficient (Wildman–Crippen LogP) is 1.23. The standard InChI is InChI=1S/C9H16N4S/c1-2-13-8(7-3-4-7)11-12-9(13)14-6-5-10/h7H,2-6,10H2,1H3. The van der Waals surface area contributed by atoms with Crippen molar-refractivity contribution in [1.82, 2.24) is 14.8 Å². The van der Waals surface area contributed by atoms with E-state index in [0.717, 1.165) is 17.5 Å². The highest BCUT2D eigenvalue weighted by Crippen LogP contribution is 2.39. The predicted molar refractivity (Wildman–Crippen MR) is 57.4 cm³/mol. The van der Waals surface area contributed by atoms with Crippen LogP contribution in [0.3, 0.4) is 0 Å². The number of nitrogens with zero attached hydrogens (tertiary/aromatic N) is 3. The van der Waals surface area contributed by atoms with Crippen molar-refractivity contribution >= 4 is 11.8 Å². The first kappa shape index (κ1) is 9.98. The van der Waals surface area contributed by atoms with Crippen LogP contribution in [0.15, 0.2) is 5.16 Å². The third kappa shape index (κ3) is 1.93. The minimum atomic E-state index is 0.676. The van der Waals surface area contributed by atoms with Gasteiger partial charge in [0, 0.05) is 24.8 Å². The largest absolute Gasteiger partial charge is 0.330 e. The molecule has 1 heterocycles. The second-order valence-electron chi connectivity index (χ2n) is 3.50. The second kappa shape index (κ2) is 4.31. The van der Waals surface area contributed by atoms with Gasteiger partial charge in [-0.2, -0.15) is 0 Å². The number of rotatable bonds is 5. The molecule has 4 nitrogen and oxygen atoms in total. The van der Waals surface area contributed by atoms with Crippen LogP contribution in [0, 0.1) is 0 Å². The smallest absolute Gasteiger partial charge is 0.191 e. The molecular formula is C9H16N4S. The third-order valence-electron chi connectivity index (χ3n) is 2.35. The summed E-state index contributed by atoms with van der Waals surface area (Å²) in [5, 5.41) is 9.49. The van der Waals surface area contributed by atoms with Crippen molar-refractivity contribution in [3.63, 3.8) is 0 Å². The molecule has 0 bridgehead atoms. The Morgan fingerprint density at radius 1 is 1.50 bits per heavy atom. The lowest BCUT2D eigenvalue weighted by atomic mass is 10.4. The van der Waals surface area contributed by atoms with E-state index in [0.29, 0.717) is 12.5 Å². The van der Waals surface area contributed by atoms with Gasteiger partial charge in [-0.3, -0.25) is 0 Å². The molecule has 78 valence electrons. The highest BCUT2D eigenvalue weighted by atomic mass is 32.2. The number of aromatic nitrogens is 3. The fourth-order valence-corrected chi connectivity index (χ4v) is 2.28. The van der Waals surface area contributed by atoms with E-state index >= 15 is 0 Å². The summed E-state index contributed by atoms with van der Waals surface area (Å²) < 4.78 is 2.22. The molecule has 0 atom stereocenters. The van der Waals surface area contributed by atoms with Crippen LogP contribution in [0.25, 0.3) is 0 Å². The molecule has 1 aromatic rings. The van der Waals surface area contributed by atoms with Crippen molar-refractivity contribution in [3.8, 4) is 0 Å². The number of nitrogens with two attached hydrogens (primary N) is 1. The summed E-state index contributed by atoms with van der Waals surface area (Å²) in [4.78, 5) is 0. The van der Waals surface area contributed by atoms with Crippen molar-refractivity contribution in [3.05, 3.63) is 5.82 Å². The van der Waals surface area contributed by atoms with Gasteiger partial charge in [0.1, 0.15) is 5.82 Å². The van der Waals surface area contributed by atoms with Crippen molar-refractivity contribution in [1.29, 1.82) is 0 Å². The molecule has 1 aromatic heterocycles. The van der Waals surface area contributed by atoms with Gasteiger partial charge in [0.25, 0.3) is 0 Å². The molecule has 14 heavy (non-hydrogen) atoms. The summed E-state index contributed by atoms with van der Waals surface area (Å²) in [6, 6.07) is 0. The van der Waals surface area contributed by atoms with Crippen LogP contribution in [0.5, 0.6) is 0 Å². The average Bonchev–Trinajstić information content (AvgIpc) is 2.96. The van der Waals surface area contributed by atoms with Gasteiger partial charge >= 0.3 is 0 Å². The normalized spacial score (nSPS) is 16.1. The molecule has 5 heteroatoms. The highest BCUT2D eigenvalue weighted by Gasteiger charge is 2.29. The van der Waals surface area contributed by atoms with Crippen molar-refractivity contribution in [2.75, 3.05) is 12.3 Å². The molecule has 0 unspecified atom stereocenters. The van der Waals surface area contributed by atoms with Gasteiger partial charge in [-0.05, 0) is 19.8 Å².